The van der Waals surface area contributed by atoms with Crippen LogP contribution >= 0.6 is 0 Å². The summed E-state index contributed by atoms with van der Waals surface area (Å²) in [5, 5.41) is 14.7. The van der Waals surface area contributed by atoms with Gasteiger partial charge < -0.3 is 15.3 Å². The van der Waals surface area contributed by atoms with Crippen LogP contribution in [0.25, 0.3) is 0 Å². The standard InChI is InChI=1S/C33H63N5O7S2/c1-6-18-38(19-7-2)33(41)27-21-26(22-29(23-27)47(44,45)36(3)4)32(40)34-30(20-25-14-10-8-11-15-25)31(39)24-37(5)35-46(42,43)28-16-12-9-13-17-28/h25-31,35,39H,6-24H2,1-5H3,(H,34,40). The molecule has 14 heteroatoms. The Hall–Kier alpha value is -1.32. The molecule has 0 heterocycles. The molecule has 47 heavy (non-hydrogen) atoms. The number of nitrogens with zero attached hydrogens (tertiary/aromatic N) is 3. The van der Waals surface area contributed by atoms with Gasteiger partial charge in [-0.1, -0.05) is 65.2 Å². The minimum Gasteiger partial charge on any atom is -0.390 e. The van der Waals surface area contributed by atoms with Crippen molar-refractivity contribution < 1.29 is 31.5 Å². The monoisotopic (exact) mass is 705 g/mol. The fourth-order valence-electron chi connectivity index (χ4n) is 7.86. The first-order chi connectivity index (χ1) is 22.2. The number of aliphatic hydroxyl groups is 1. The lowest BCUT2D eigenvalue weighted by molar-refractivity contribution is -0.138. The molecule has 0 spiro atoms. The first kappa shape index (κ1) is 40.1. The highest BCUT2D eigenvalue weighted by Crippen LogP contribution is 2.36. The highest BCUT2D eigenvalue weighted by atomic mass is 32.2. The minimum absolute atomic E-state index is 0.0178. The molecule has 3 aliphatic rings. The van der Waals surface area contributed by atoms with Crippen LogP contribution in [0.5, 0.6) is 0 Å². The summed E-state index contributed by atoms with van der Waals surface area (Å²) in [4.78, 5) is 32.2. The summed E-state index contributed by atoms with van der Waals surface area (Å²) >= 11 is 0. The van der Waals surface area contributed by atoms with Gasteiger partial charge in [0.2, 0.25) is 31.9 Å². The van der Waals surface area contributed by atoms with E-state index in [0.717, 1.165) is 64.2 Å². The molecule has 0 aromatic carbocycles. The van der Waals surface area contributed by atoms with Gasteiger partial charge in [-0.3, -0.25) is 9.59 Å². The molecule has 0 aliphatic heterocycles. The van der Waals surface area contributed by atoms with Crippen LogP contribution in [-0.4, -0.2) is 111 Å². The van der Waals surface area contributed by atoms with E-state index in [1.54, 1.807) is 11.9 Å². The van der Waals surface area contributed by atoms with Gasteiger partial charge in [0.1, 0.15) is 0 Å². The fraction of sp³-hybridized carbons (Fsp3) is 0.939. The number of carbonyl (C=O) groups is 2. The smallest absolute Gasteiger partial charge is 0.227 e. The Morgan fingerprint density at radius 2 is 1.34 bits per heavy atom. The van der Waals surface area contributed by atoms with Crippen LogP contribution in [0.3, 0.4) is 0 Å². The summed E-state index contributed by atoms with van der Waals surface area (Å²) in [6.45, 7) is 5.15. The number of aliphatic hydroxyl groups excluding tert-OH is 1. The molecule has 5 atom stereocenters. The molecule has 12 nitrogen and oxygen atoms in total. The summed E-state index contributed by atoms with van der Waals surface area (Å²) in [6, 6.07) is -0.649. The fourth-order valence-corrected chi connectivity index (χ4v) is 11.0. The van der Waals surface area contributed by atoms with Crippen molar-refractivity contribution in [1.29, 1.82) is 0 Å². The topological polar surface area (TPSA) is 156 Å². The van der Waals surface area contributed by atoms with Gasteiger partial charge in [-0.2, -0.15) is 0 Å². The van der Waals surface area contributed by atoms with Crippen molar-refractivity contribution in [3.8, 4) is 0 Å². The predicted octanol–water partition coefficient (Wildman–Crippen LogP) is 3.23. The van der Waals surface area contributed by atoms with Crippen LogP contribution in [0, 0.1) is 17.8 Å². The van der Waals surface area contributed by atoms with Crippen molar-refractivity contribution in [1.82, 2.24) is 24.4 Å². The summed E-state index contributed by atoms with van der Waals surface area (Å²) in [5.41, 5.74) is 0. The summed E-state index contributed by atoms with van der Waals surface area (Å²) in [5.74, 6) is -1.46. The highest BCUT2D eigenvalue weighted by Gasteiger charge is 2.44. The maximum absolute atomic E-state index is 14.0. The van der Waals surface area contributed by atoms with Crippen molar-refractivity contribution in [3.63, 3.8) is 0 Å². The second-order valence-electron chi connectivity index (χ2n) is 14.6. The Balaban J connectivity index is 1.79. The lowest BCUT2D eigenvalue weighted by Gasteiger charge is -2.38. The zero-order valence-corrected chi connectivity index (χ0v) is 31.2. The molecular formula is C33H63N5O7S2. The van der Waals surface area contributed by atoms with Crippen LogP contribution in [-0.2, 0) is 29.6 Å². The van der Waals surface area contributed by atoms with Gasteiger partial charge >= 0.3 is 0 Å². The van der Waals surface area contributed by atoms with Gasteiger partial charge in [-0.15, -0.1) is 4.83 Å². The van der Waals surface area contributed by atoms with E-state index in [9.17, 15) is 31.5 Å². The van der Waals surface area contributed by atoms with Gasteiger partial charge in [0.25, 0.3) is 0 Å². The average molecular weight is 706 g/mol. The van der Waals surface area contributed by atoms with Crippen LogP contribution in [0.4, 0.5) is 0 Å². The first-order valence-electron chi connectivity index (χ1n) is 18.1. The van der Waals surface area contributed by atoms with Crippen molar-refractivity contribution in [3.05, 3.63) is 0 Å². The number of rotatable bonds is 17. The van der Waals surface area contributed by atoms with E-state index in [-0.39, 0.29) is 37.6 Å². The SMILES string of the molecule is CCCN(CCC)C(=O)C1CC(C(=O)NC(CC2CCCCC2)C(O)CN(C)NS(=O)(=O)C2CCCCC2)CC(S(=O)(=O)N(C)C)C1. The molecule has 3 N–H and O–H groups in total. The zero-order valence-electron chi connectivity index (χ0n) is 29.5. The molecule has 3 saturated carbocycles. The number of nitrogens with one attached hydrogen (secondary N) is 2. The third-order valence-electron chi connectivity index (χ3n) is 10.5. The number of hydrogen-bond acceptors (Lipinski definition) is 8. The molecule has 0 radical (unpaired) electrons. The van der Waals surface area contributed by atoms with E-state index >= 15 is 0 Å². The number of hydrogen-bond donors (Lipinski definition) is 3. The van der Waals surface area contributed by atoms with E-state index in [4.69, 9.17) is 0 Å². The lowest BCUT2D eigenvalue weighted by atomic mass is 9.79. The maximum Gasteiger partial charge on any atom is 0.227 e. The van der Waals surface area contributed by atoms with Crippen LogP contribution in [0.1, 0.15) is 117 Å². The number of likely N-dealkylation sites (N-methyl/N-ethyl adjacent to an activating group) is 1. The van der Waals surface area contributed by atoms with Crippen molar-refractivity contribution in [2.45, 2.75) is 139 Å². The molecule has 274 valence electrons. The Kier molecular flexibility index (Phi) is 15.9. The van der Waals surface area contributed by atoms with Crippen LogP contribution in [0.2, 0.25) is 0 Å². The van der Waals surface area contributed by atoms with Crippen molar-refractivity contribution >= 4 is 31.9 Å². The number of amides is 2. The second-order valence-corrected chi connectivity index (χ2v) is 18.9. The number of sulfonamides is 2. The van der Waals surface area contributed by atoms with E-state index in [1.165, 1.54) is 23.4 Å². The summed E-state index contributed by atoms with van der Waals surface area (Å²) < 4.78 is 54.0. The Morgan fingerprint density at radius 3 is 1.89 bits per heavy atom. The predicted molar refractivity (Wildman–Crippen MR) is 185 cm³/mol. The number of carbonyl (C=O) groups excluding carboxylic acids is 2. The maximum atomic E-state index is 14.0. The molecule has 0 aromatic rings. The molecule has 0 aromatic heterocycles. The van der Waals surface area contributed by atoms with Crippen LogP contribution in [0.15, 0.2) is 0 Å². The van der Waals surface area contributed by atoms with Gasteiger partial charge in [0.05, 0.1) is 22.6 Å². The van der Waals surface area contributed by atoms with Gasteiger partial charge in [-0.05, 0) is 57.3 Å². The largest absolute Gasteiger partial charge is 0.390 e. The van der Waals surface area contributed by atoms with E-state index in [0.29, 0.717) is 38.3 Å². The Bertz CT molecular complexity index is 1200. The Morgan fingerprint density at radius 1 is 0.787 bits per heavy atom. The number of hydrazine groups is 1. The van der Waals surface area contributed by atoms with Gasteiger partial charge in [0, 0.05) is 52.6 Å². The molecular weight excluding hydrogens is 643 g/mol. The molecule has 0 saturated heterocycles. The molecule has 5 unspecified atom stereocenters. The normalized spacial score (nSPS) is 25.1. The molecule has 2 amide bonds. The lowest BCUT2D eigenvalue weighted by Crippen LogP contribution is -2.54. The quantitative estimate of drug-likeness (QED) is 0.195. The molecule has 3 aliphatic carbocycles. The average Bonchev–Trinajstić information content (AvgIpc) is 3.04. The minimum atomic E-state index is -3.73. The summed E-state index contributed by atoms with van der Waals surface area (Å²) in [6.07, 6.45) is 11.0. The summed E-state index contributed by atoms with van der Waals surface area (Å²) in [7, 11) is -2.78. The van der Waals surface area contributed by atoms with Crippen molar-refractivity contribution in [2.75, 3.05) is 40.8 Å². The molecule has 3 fully saturated rings. The molecule has 0 bridgehead atoms. The van der Waals surface area contributed by atoms with E-state index in [1.807, 2.05) is 13.8 Å². The second kappa shape index (κ2) is 18.6. The van der Waals surface area contributed by atoms with Crippen LogP contribution < -0.4 is 10.1 Å². The zero-order chi connectivity index (χ0) is 34.8. The van der Waals surface area contributed by atoms with Crippen molar-refractivity contribution in [2.24, 2.45) is 17.8 Å². The highest BCUT2D eigenvalue weighted by molar-refractivity contribution is 7.90. The van der Waals surface area contributed by atoms with E-state index in [2.05, 4.69) is 10.1 Å². The van der Waals surface area contributed by atoms with E-state index < -0.39 is 54.5 Å². The van der Waals surface area contributed by atoms with Gasteiger partial charge in [0.15, 0.2) is 0 Å². The third kappa shape index (κ3) is 11.6. The van der Waals surface area contributed by atoms with Gasteiger partial charge in [-0.25, -0.2) is 26.1 Å². The first-order valence-corrected chi connectivity index (χ1v) is 21.1. The Labute approximate surface area is 284 Å². The molecule has 3 rings (SSSR count). The third-order valence-corrected chi connectivity index (χ3v) is 14.6.